The van der Waals surface area contributed by atoms with Crippen molar-refractivity contribution in [1.29, 1.82) is 0 Å². The van der Waals surface area contributed by atoms with E-state index in [9.17, 15) is 0 Å². The minimum atomic E-state index is 0.492. The van der Waals surface area contributed by atoms with Crippen molar-refractivity contribution in [2.45, 2.75) is 31.8 Å². The van der Waals surface area contributed by atoms with Crippen LogP contribution in [0.15, 0.2) is 24.3 Å². The van der Waals surface area contributed by atoms with E-state index in [0.29, 0.717) is 12.1 Å². The minimum absolute atomic E-state index is 0.492. The Morgan fingerprint density at radius 3 is 2.89 bits per heavy atom. The summed E-state index contributed by atoms with van der Waals surface area (Å²) in [6.45, 7) is 5.88. The summed E-state index contributed by atoms with van der Waals surface area (Å²) in [5.74, 6) is 0. The van der Waals surface area contributed by atoms with Crippen LogP contribution < -0.4 is 10.6 Å². The van der Waals surface area contributed by atoms with Gasteiger partial charge in [0.1, 0.15) is 0 Å². The number of hydrogen-bond donors (Lipinski definition) is 2. The van der Waals surface area contributed by atoms with Crippen LogP contribution in [0.25, 0.3) is 0 Å². The van der Waals surface area contributed by atoms with E-state index in [1.807, 2.05) is 12.1 Å². The highest BCUT2D eigenvalue weighted by atomic mass is 35.5. The molecule has 2 unspecified atom stereocenters. The second kappa shape index (κ2) is 7.85. The molecule has 0 amide bonds. The van der Waals surface area contributed by atoms with Crippen molar-refractivity contribution in [3.8, 4) is 0 Å². The molecule has 0 spiro atoms. The van der Waals surface area contributed by atoms with Crippen LogP contribution in [0.1, 0.15) is 18.9 Å². The predicted molar refractivity (Wildman–Crippen MR) is 79.8 cm³/mol. The van der Waals surface area contributed by atoms with Crippen LogP contribution >= 0.6 is 11.6 Å². The highest BCUT2D eigenvalue weighted by Crippen LogP contribution is 2.09. The van der Waals surface area contributed by atoms with Crippen LogP contribution in [0.3, 0.4) is 0 Å². The van der Waals surface area contributed by atoms with Crippen LogP contribution in [0, 0.1) is 0 Å². The quantitative estimate of drug-likeness (QED) is 0.840. The van der Waals surface area contributed by atoms with Gasteiger partial charge in [0.05, 0.1) is 13.2 Å². The van der Waals surface area contributed by atoms with Crippen molar-refractivity contribution in [2.75, 3.05) is 26.3 Å². The van der Waals surface area contributed by atoms with E-state index in [0.717, 1.165) is 44.2 Å². The summed E-state index contributed by atoms with van der Waals surface area (Å²) in [4.78, 5) is 0. The number of halogens is 1. The Morgan fingerprint density at radius 1 is 1.42 bits per heavy atom. The minimum Gasteiger partial charge on any atom is -0.379 e. The standard InChI is InChI=1S/C15H23ClN2O/c1-12(10-15-11-19-9-8-18-15)17-7-6-13-2-4-14(16)5-3-13/h2-5,12,15,17-18H,6-11H2,1H3. The van der Waals surface area contributed by atoms with E-state index < -0.39 is 0 Å². The van der Waals surface area contributed by atoms with Crippen molar-refractivity contribution >= 4 is 11.6 Å². The van der Waals surface area contributed by atoms with E-state index in [2.05, 4.69) is 29.7 Å². The van der Waals surface area contributed by atoms with Gasteiger partial charge in [-0.3, -0.25) is 0 Å². The van der Waals surface area contributed by atoms with Gasteiger partial charge in [0.2, 0.25) is 0 Å². The maximum absolute atomic E-state index is 5.87. The van der Waals surface area contributed by atoms with Crippen molar-refractivity contribution in [3.63, 3.8) is 0 Å². The zero-order valence-electron chi connectivity index (χ0n) is 11.5. The van der Waals surface area contributed by atoms with E-state index in [1.165, 1.54) is 5.56 Å². The number of morpholine rings is 1. The maximum atomic E-state index is 5.87. The van der Waals surface area contributed by atoms with Crippen LogP contribution in [0.4, 0.5) is 0 Å². The normalized spacial score (nSPS) is 21.3. The number of benzene rings is 1. The number of hydrogen-bond acceptors (Lipinski definition) is 3. The van der Waals surface area contributed by atoms with Gasteiger partial charge in [0.15, 0.2) is 0 Å². The number of rotatable bonds is 6. The molecule has 1 aliphatic rings. The van der Waals surface area contributed by atoms with E-state index >= 15 is 0 Å². The van der Waals surface area contributed by atoms with Crippen molar-refractivity contribution in [2.24, 2.45) is 0 Å². The molecule has 1 aromatic carbocycles. The summed E-state index contributed by atoms with van der Waals surface area (Å²) in [6, 6.07) is 9.07. The van der Waals surface area contributed by atoms with Crippen LogP contribution in [0.2, 0.25) is 5.02 Å². The lowest BCUT2D eigenvalue weighted by atomic mass is 10.1. The molecule has 1 fully saturated rings. The molecule has 4 heteroatoms. The lowest BCUT2D eigenvalue weighted by Gasteiger charge is -2.26. The molecule has 0 aromatic heterocycles. The Bertz CT molecular complexity index is 363. The van der Waals surface area contributed by atoms with Crippen LogP contribution in [-0.4, -0.2) is 38.4 Å². The third kappa shape index (κ3) is 5.49. The summed E-state index contributed by atoms with van der Waals surface area (Å²) < 4.78 is 5.47. The Hall–Kier alpha value is -0.610. The third-order valence-electron chi connectivity index (χ3n) is 3.46. The first-order valence-electron chi connectivity index (χ1n) is 7.03. The van der Waals surface area contributed by atoms with E-state index in [4.69, 9.17) is 16.3 Å². The topological polar surface area (TPSA) is 33.3 Å². The summed E-state index contributed by atoms with van der Waals surface area (Å²) in [5, 5.41) is 7.85. The largest absolute Gasteiger partial charge is 0.379 e. The first-order valence-corrected chi connectivity index (χ1v) is 7.41. The van der Waals surface area contributed by atoms with Gasteiger partial charge < -0.3 is 15.4 Å². The summed E-state index contributed by atoms with van der Waals surface area (Å²) >= 11 is 5.87. The second-order valence-corrected chi connectivity index (χ2v) is 5.63. The van der Waals surface area contributed by atoms with Gasteiger partial charge in [0.25, 0.3) is 0 Å². The van der Waals surface area contributed by atoms with Crippen molar-refractivity contribution in [3.05, 3.63) is 34.9 Å². The van der Waals surface area contributed by atoms with Gasteiger partial charge in [-0.2, -0.15) is 0 Å². The van der Waals surface area contributed by atoms with Crippen LogP contribution in [-0.2, 0) is 11.2 Å². The van der Waals surface area contributed by atoms with Crippen molar-refractivity contribution < 1.29 is 4.74 Å². The SMILES string of the molecule is CC(CC1COCCN1)NCCc1ccc(Cl)cc1. The summed E-state index contributed by atoms with van der Waals surface area (Å²) in [6.07, 6.45) is 2.15. The average molecular weight is 283 g/mol. The molecule has 1 saturated heterocycles. The molecular formula is C15H23ClN2O. The molecule has 0 saturated carbocycles. The predicted octanol–water partition coefficient (Wildman–Crippen LogP) is 2.24. The Balaban J connectivity index is 1.63. The molecular weight excluding hydrogens is 260 g/mol. The lowest BCUT2D eigenvalue weighted by Crippen LogP contribution is -2.45. The van der Waals surface area contributed by atoms with Gasteiger partial charge in [-0.1, -0.05) is 23.7 Å². The zero-order valence-corrected chi connectivity index (χ0v) is 12.2. The van der Waals surface area contributed by atoms with Crippen molar-refractivity contribution in [1.82, 2.24) is 10.6 Å². The fourth-order valence-electron chi connectivity index (χ4n) is 2.40. The van der Waals surface area contributed by atoms with Crippen LogP contribution in [0.5, 0.6) is 0 Å². The Kier molecular flexibility index (Phi) is 6.11. The smallest absolute Gasteiger partial charge is 0.0620 e. The fraction of sp³-hybridized carbons (Fsp3) is 0.600. The molecule has 0 radical (unpaired) electrons. The Morgan fingerprint density at radius 2 is 2.21 bits per heavy atom. The molecule has 1 heterocycles. The zero-order chi connectivity index (χ0) is 13.5. The van der Waals surface area contributed by atoms with E-state index in [-0.39, 0.29) is 0 Å². The van der Waals surface area contributed by atoms with E-state index in [1.54, 1.807) is 0 Å². The second-order valence-electron chi connectivity index (χ2n) is 5.19. The highest BCUT2D eigenvalue weighted by molar-refractivity contribution is 6.30. The average Bonchev–Trinajstić information content (AvgIpc) is 2.42. The molecule has 1 aliphatic heterocycles. The molecule has 2 N–H and O–H groups in total. The monoisotopic (exact) mass is 282 g/mol. The molecule has 1 aromatic rings. The molecule has 106 valence electrons. The highest BCUT2D eigenvalue weighted by Gasteiger charge is 2.15. The molecule has 0 aliphatic carbocycles. The summed E-state index contributed by atoms with van der Waals surface area (Å²) in [5.41, 5.74) is 1.32. The van der Waals surface area contributed by atoms with Gasteiger partial charge in [-0.15, -0.1) is 0 Å². The lowest BCUT2D eigenvalue weighted by molar-refractivity contribution is 0.0713. The first kappa shape index (κ1) is 14.8. The molecule has 3 nitrogen and oxygen atoms in total. The number of ether oxygens (including phenoxy) is 1. The van der Waals surface area contributed by atoms with Gasteiger partial charge in [0, 0.05) is 23.7 Å². The fourth-order valence-corrected chi connectivity index (χ4v) is 2.52. The van der Waals surface area contributed by atoms with Gasteiger partial charge in [-0.05, 0) is 44.0 Å². The number of nitrogens with one attached hydrogen (secondary N) is 2. The molecule has 2 rings (SSSR count). The third-order valence-corrected chi connectivity index (χ3v) is 3.71. The molecule has 2 atom stereocenters. The molecule has 19 heavy (non-hydrogen) atoms. The Labute approximate surface area is 120 Å². The summed E-state index contributed by atoms with van der Waals surface area (Å²) in [7, 11) is 0. The first-order chi connectivity index (χ1) is 9.24. The molecule has 0 bridgehead atoms. The maximum Gasteiger partial charge on any atom is 0.0620 e. The van der Waals surface area contributed by atoms with Gasteiger partial charge in [-0.25, -0.2) is 0 Å². The van der Waals surface area contributed by atoms with Gasteiger partial charge >= 0.3 is 0 Å².